The van der Waals surface area contributed by atoms with Crippen LogP contribution in [0, 0.1) is 17.8 Å². The van der Waals surface area contributed by atoms with E-state index >= 15 is 0 Å². The Labute approximate surface area is 161 Å². The van der Waals surface area contributed by atoms with Gasteiger partial charge in [0.15, 0.2) is 15.8 Å². The summed E-state index contributed by atoms with van der Waals surface area (Å²) in [6, 6.07) is 4.25. The van der Waals surface area contributed by atoms with Crippen LogP contribution in [0.1, 0.15) is 31.6 Å². The van der Waals surface area contributed by atoms with E-state index in [-0.39, 0.29) is 5.92 Å². The third-order valence-electron chi connectivity index (χ3n) is 5.69. The second-order valence-corrected chi connectivity index (χ2v) is 11.1. The minimum Gasteiger partial charge on any atom is -0.356 e. The summed E-state index contributed by atoms with van der Waals surface area (Å²) >= 11 is 1.78. The zero-order valence-corrected chi connectivity index (χ0v) is 17.5. The summed E-state index contributed by atoms with van der Waals surface area (Å²) < 4.78 is 23.4. The average molecular weight is 398 g/mol. The molecular formula is C19H31N3O2S2. The van der Waals surface area contributed by atoms with Crippen LogP contribution < -0.4 is 5.32 Å². The van der Waals surface area contributed by atoms with E-state index in [1.807, 2.05) is 0 Å². The monoisotopic (exact) mass is 397 g/mol. The molecule has 7 heteroatoms. The molecule has 1 aromatic heterocycles. The first-order valence-electron chi connectivity index (χ1n) is 9.69. The van der Waals surface area contributed by atoms with Crippen LogP contribution in [0.2, 0.25) is 0 Å². The van der Waals surface area contributed by atoms with E-state index in [1.165, 1.54) is 11.3 Å². The highest BCUT2D eigenvalue weighted by molar-refractivity contribution is 7.91. The molecule has 3 rings (SSSR count). The molecule has 3 heterocycles. The van der Waals surface area contributed by atoms with Crippen molar-refractivity contribution in [3.8, 4) is 0 Å². The Morgan fingerprint density at radius 2 is 2.19 bits per heavy atom. The van der Waals surface area contributed by atoms with Crippen LogP contribution in [0.5, 0.6) is 0 Å². The molecule has 2 aliphatic heterocycles. The smallest absolute Gasteiger partial charge is 0.193 e. The molecule has 3 atom stereocenters. The van der Waals surface area contributed by atoms with Gasteiger partial charge in [0.05, 0.1) is 11.5 Å². The Hall–Kier alpha value is -1.08. The summed E-state index contributed by atoms with van der Waals surface area (Å²) in [5.41, 5.74) is 0. The van der Waals surface area contributed by atoms with Gasteiger partial charge in [0, 0.05) is 31.1 Å². The lowest BCUT2D eigenvalue weighted by molar-refractivity contribution is 0.199. The zero-order valence-electron chi connectivity index (χ0n) is 15.9. The summed E-state index contributed by atoms with van der Waals surface area (Å²) in [4.78, 5) is 8.58. The Morgan fingerprint density at radius 1 is 1.35 bits per heavy atom. The normalized spacial score (nSPS) is 29.1. The van der Waals surface area contributed by atoms with Crippen LogP contribution in [-0.2, 0) is 16.3 Å². The van der Waals surface area contributed by atoms with Crippen LogP contribution in [0.4, 0.5) is 0 Å². The Bertz CT molecular complexity index is 700. The molecule has 1 aromatic rings. The number of hydrogen-bond acceptors (Lipinski definition) is 4. The lowest BCUT2D eigenvalue weighted by Crippen LogP contribution is -2.48. The average Bonchev–Trinajstić information content (AvgIpc) is 3.22. The summed E-state index contributed by atoms with van der Waals surface area (Å²) in [7, 11) is -2.83. The van der Waals surface area contributed by atoms with E-state index in [9.17, 15) is 8.42 Å². The molecular weight excluding hydrogens is 366 g/mol. The van der Waals surface area contributed by atoms with Crippen LogP contribution in [0.25, 0.3) is 0 Å². The Morgan fingerprint density at radius 3 is 2.85 bits per heavy atom. The Kier molecular flexibility index (Phi) is 6.61. The molecule has 26 heavy (non-hydrogen) atoms. The molecule has 0 bridgehead atoms. The topological polar surface area (TPSA) is 61.8 Å². The number of sulfone groups is 1. The first kappa shape index (κ1) is 19.7. The standard InChI is InChI=1S/C19H31N3O2S2/c1-15-6-9-22(13-16(15)2)19(20-8-5-18-4-3-10-25-18)21-12-17-7-11-26(23,24)14-17/h3-4,10,15-17H,5-9,11-14H2,1-2H3,(H,20,21). The van der Waals surface area contributed by atoms with Crippen LogP contribution in [0.3, 0.4) is 0 Å². The van der Waals surface area contributed by atoms with E-state index in [0.717, 1.165) is 44.4 Å². The number of rotatable bonds is 5. The SMILES string of the molecule is CC1CCN(C(=NCC2CCS(=O)(=O)C2)NCCc2cccs2)CC1C. The molecule has 2 saturated heterocycles. The fourth-order valence-electron chi connectivity index (χ4n) is 3.71. The molecule has 2 fully saturated rings. The predicted octanol–water partition coefficient (Wildman–Crippen LogP) is 2.65. The number of likely N-dealkylation sites (tertiary alicyclic amines) is 1. The second kappa shape index (κ2) is 8.74. The van der Waals surface area contributed by atoms with Gasteiger partial charge in [0.25, 0.3) is 0 Å². The van der Waals surface area contributed by atoms with Gasteiger partial charge < -0.3 is 10.2 Å². The van der Waals surface area contributed by atoms with Crippen LogP contribution >= 0.6 is 11.3 Å². The molecule has 146 valence electrons. The molecule has 5 nitrogen and oxygen atoms in total. The number of aliphatic imine (C=N–C) groups is 1. The highest BCUT2D eigenvalue weighted by Gasteiger charge is 2.29. The number of hydrogen-bond donors (Lipinski definition) is 1. The van der Waals surface area contributed by atoms with Crippen molar-refractivity contribution in [1.29, 1.82) is 0 Å². The fourth-order valence-corrected chi connectivity index (χ4v) is 6.27. The molecule has 0 amide bonds. The molecule has 0 aromatic carbocycles. The minimum absolute atomic E-state index is 0.176. The third kappa shape index (κ3) is 5.46. The van der Waals surface area contributed by atoms with Crippen molar-refractivity contribution >= 4 is 27.1 Å². The van der Waals surface area contributed by atoms with Gasteiger partial charge in [0.2, 0.25) is 0 Å². The predicted molar refractivity (Wildman–Crippen MR) is 110 cm³/mol. The van der Waals surface area contributed by atoms with E-state index in [2.05, 4.69) is 41.6 Å². The Balaban J connectivity index is 1.61. The van der Waals surface area contributed by atoms with E-state index < -0.39 is 9.84 Å². The van der Waals surface area contributed by atoms with Crippen LogP contribution in [-0.4, -0.2) is 57.0 Å². The maximum Gasteiger partial charge on any atom is 0.193 e. The molecule has 3 unspecified atom stereocenters. The number of nitrogens with one attached hydrogen (secondary N) is 1. The highest BCUT2D eigenvalue weighted by Crippen LogP contribution is 2.23. The molecule has 0 radical (unpaired) electrons. The molecule has 0 saturated carbocycles. The van der Waals surface area contributed by atoms with Gasteiger partial charge in [-0.15, -0.1) is 11.3 Å². The molecule has 0 aliphatic carbocycles. The van der Waals surface area contributed by atoms with E-state index in [1.54, 1.807) is 11.3 Å². The zero-order chi connectivity index (χ0) is 18.6. The van der Waals surface area contributed by atoms with Gasteiger partial charge in [-0.2, -0.15) is 0 Å². The maximum absolute atomic E-state index is 11.7. The van der Waals surface area contributed by atoms with Crippen molar-refractivity contribution in [2.24, 2.45) is 22.7 Å². The lowest BCUT2D eigenvalue weighted by atomic mass is 9.89. The number of thiophene rings is 1. The molecule has 1 N–H and O–H groups in total. The van der Waals surface area contributed by atoms with Crippen molar-refractivity contribution < 1.29 is 8.42 Å². The van der Waals surface area contributed by atoms with E-state index in [4.69, 9.17) is 4.99 Å². The van der Waals surface area contributed by atoms with Crippen molar-refractivity contribution in [2.45, 2.75) is 33.1 Å². The lowest BCUT2D eigenvalue weighted by Gasteiger charge is -2.37. The third-order valence-corrected chi connectivity index (χ3v) is 8.47. The van der Waals surface area contributed by atoms with Gasteiger partial charge in [-0.3, -0.25) is 4.99 Å². The summed E-state index contributed by atoms with van der Waals surface area (Å²) in [6.07, 6.45) is 2.93. The molecule has 2 aliphatic rings. The highest BCUT2D eigenvalue weighted by atomic mass is 32.2. The van der Waals surface area contributed by atoms with Gasteiger partial charge >= 0.3 is 0 Å². The largest absolute Gasteiger partial charge is 0.356 e. The number of piperidine rings is 1. The first-order chi connectivity index (χ1) is 12.4. The first-order valence-corrected chi connectivity index (χ1v) is 12.4. The number of nitrogens with zero attached hydrogens (tertiary/aromatic N) is 2. The van der Waals surface area contributed by atoms with Crippen molar-refractivity contribution in [3.05, 3.63) is 22.4 Å². The number of guanidine groups is 1. The van der Waals surface area contributed by atoms with Crippen molar-refractivity contribution in [1.82, 2.24) is 10.2 Å². The van der Waals surface area contributed by atoms with Gasteiger partial charge in [-0.05, 0) is 48.5 Å². The summed E-state index contributed by atoms with van der Waals surface area (Å²) in [5, 5.41) is 5.65. The summed E-state index contributed by atoms with van der Waals surface area (Å²) in [5.74, 6) is 3.16. The van der Waals surface area contributed by atoms with Crippen molar-refractivity contribution in [3.63, 3.8) is 0 Å². The minimum atomic E-state index is -2.83. The van der Waals surface area contributed by atoms with Crippen molar-refractivity contribution in [2.75, 3.05) is 37.7 Å². The van der Waals surface area contributed by atoms with Gasteiger partial charge in [0.1, 0.15) is 0 Å². The maximum atomic E-state index is 11.7. The summed E-state index contributed by atoms with van der Waals surface area (Å²) in [6.45, 7) is 8.16. The van der Waals surface area contributed by atoms with Gasteiger partial charge in [-0.1, -0.05) is 19.9 Å². The van der Waals surface area contributed by atoms with E-state index in [0.29, 0.717) is 24.0 Å². The fraction of sp³-hybridized carbons (Fsp3) is 0.737. The van der Waals surface area contributed by atoms with Crippen LogP contribution in [0.15, 0.2) is 22.5 Å². The van der Waals surface area contributed by atoms with Gasteiger partial charge in [-0.25, -0.2) is 8.42 Å². The second-order valence-electron chi connectivity index (χ2n) is 7.88. The quantitative estimate of drug-likeness (QED) is 0.613. The molecule has 0 spiro atoms.